The lowest BCUT2D eigenvalue weighted by atomic mass is 9.96. The summed E-state index contributed by atoms with van der Waals surface area (Å²) in [5, 5.41) is 17.6. The third-order valence-corrected chi connectivity index (χ3v) is 5.37. The van der Waals surface area contributed by atoms with Crippen LogP contribution in [0.25, 0.3) is 0 Å². The Bertz CT molecular complexity index is 1080. The first-order valence-electron chi connectivity index (χ1n) is 8.96. The molecule has 0 bridgehead atoms. The van der Waals surface area contributed by atoms with Crippen molar-refractivity contribution < 1.29 is 14.2 Å². The summed E-state index contributed by atoms with van der Waals surface area (Å²) in [6.45, 7) is 0. The van der Waals surface area contributed by atoms with E-state index in [4.69, 9.17) is 21.4 Å². The largest absolute Gasteiger partial charge is 0.507 e. The highest BCUT2D eigenvalue weighted by Crippen LogP contribution is 2.48. The number of benzene rings is 3. The first kappa shape index (κ1) is 17.1. The van der Waals surface area contributed by atoms with E-state index in [-0.39, 0.29) is 17.6 Å². The Hall–Kier alpha value is -3.05. The Morgan fingerprint density at radius 1 is 1.04 bits per heavy atom. The van der Waals surface area contributed by atoms with Gasteiger partial charge in [0.2, 0.25) is 6.23 Å². The van der Waals surface area contributed by atoms with Gasteiger partial charge in [-0.3, -0.25) is 0 Å². The van der Waals surface area contributed by atoms with Gasteiger partial charge in [-0.2, -0.15) is 5.10 Å². The minimum atomic E-state index is -0.614. The number of hydrogen-bond donors (Lipinski definition) is 1. The van der Waals surface area contributed by atoms with Crippen molar-refractivity contribution in [2.24, 2.45) is 5.10 Å². The van der Waals surface area contributed by atoms with Gasteiger partial charge in [0.05, 0.1) is 17.3 Å². The zero-order chi connectivity index (χ0) is 19.3. The van der Waals surface area contributed by atoms with Crippen molar-refractivity contribution in [1.29, 1.82) is 0 Å². The molecule has 140 valence electrons. The molecule has 1 N–H and O–H groups in total. The van der Waals surface area contributed by atoms with E-state index in [1.807, 2.05) is 29.3 Å². The van der Waals surface area contributed by atoms with Crippen molar-refractivity contribution in [3.63, 3.8) is 0 Å². The van der Waals surface area contributed by atoms with Gasteiger partial charge in [-0.05, 0) is 42.0 Å². The van der Waals surface area contributed by atoms with E-state index in [2.05, 4.69) is 0 Å². The molecule has 0 fully saturated rings. The molecule has 2 atom stereocenters. The van der Waals surface area contributed by atoms with Crippen LogP contribution in [0.4, 0.5) is 4.39 Å². The third kappa shape index (κ3) is 2.79. The van der Waals surface area contributed by atoms with E-state index in [0.717, 1.165) is 22.6 Å². The van der Waals surface area contributed by atoms with Crippen LogP contribution in [0.5, 0.6) is 11.5 Å². The molecule has 2 aliphatic rings. The van der Waals surface area contributed by atoms with Crippen molar-refractivity contribution >= 4 is 17.3 Å². The predicted molar refractivity (Wildman–Crippen MR) is 105 cm³/mol. The molecule has 2 heterocycles. The van der Waals surface area contributed by atoms with Crippen LogP contribution in [0, 0.1) is 5.82 Å². The van der Waals surface area contributed by atoms with Gasteiger partial charge in [0.1, 0.15) is 17.3 Å². The van der Waals surface area contributed by atoms with Gasteiger partial charge >= 0.3 is 0 Å². The molecular weight excluding hydrogens is 379 g/mol. The first-order chi connectivity index (χ1) is 13.6. The van der Waals surface area contributed by atoms with Crippen molar-refractivity contribution in [2.45, 2.75) is 18.7 Å². The number of phenols is 1. The lowest BCUT2D eigenvalue weighted by Gasteiger charge is -2.38. The van der Waals surface area contributed by atoms with Crippen molar-refractivity contribution in [1.82, 2.24) is 5.01 Å². The monoisotopic (exact) mass is 394 g/mol. The predicted octanol–water partition coefficient (Wildman–Crippen LogP) is 5.43. The number of hydrogen-bond acceptors (Lipinski definition) is 4. The normalized spacial score (nSPS) is 20.2. The van der Waals surface area contributed by atoms with E-state index < -0.39 is 6.23 Å². The summed E-state index contributed by atoms with van der Waals surface area (Å²) in [5.74, 6) is 0.567. The fourth-order valence-electron chi connectivity index (χ4n) is 3.78. The van der Waals surface area contributed by atoms with Crippen LogP contribution in [-0.2, 0) is 0 Å². The number of nitrogens with zero attached hydrogens (tertiary/aromatic N) is 2. The molecule has 5 rings (SSSR count). The van der Waals surface area contributed by atoms with Crippen LogP contribution < -0.4 is 4.74 Å². The number of para-hydroxylation sites is 1. The molecule has 2 aliphatic heterocycles. The van der Waals surface area contributed by atoms with E-state index in [1.54, 1.807) is 30.3 Å². The fourth-order valence-corrected chi connectivity index (χ4v) is 3.96. The summed E-state index contributed by atoms with van der Waals surface area (Å²) in [7, 11) is 0. The average molecular weight is 395 g/mol. The Kier molecular flexibility index (Phi) is 3.98. The quantitative estimate of drug-likeness (QED) is 0.630. The standard InChI is InChI=1S/C22H16ClFN2O2/c23-14-7-10-20(27)17(11-14)22-26-19(16-3-1-2-4-21(16)28-22)12-18(25-26)13-5-8-15(24)9-6-13/h1-11,19,22,27H,12H2/t19-,22-/m1/s1. The molecule has 0 aromatic heterocycles. The summed E-state index contributed by atoms with van der Waals surface area (Å²) in [4.78, 5) is 0. The number of ether oxygens (including phenoxy) is 1. The molecule has 0 unspecified atom stereocenters. The molecule has 0 amide bonds. The highest BCUT2D eigenvalue weighted by Gasteiger charge is 2.41. The molecule has 3 aromatic rings. The fraction of sp³-hybridized carbons (Fsp3) is 0.136. The molecule has 0 radical (unpaired) electrons. The number of fused-ring (bicyclic) bond motifs is 3. The molecule has 0 aliphatic carbocycles. The SMILES string of the molecule is Oc1ccc(Cl)cc1[C@H]1Oc2ccccc2[C@H]2CC(c3ccc(F)cc3)=NN21. The zero-order valence-corrected chi connectivity index (χ0v) is 15.5. The Labute approximate surface area is 166 Å². The van der Waals surface area contributed by atoms with E-state index in [0.29, 0.717) is 17.0 Å². The summed E-state index contributed by atoms with van der Waals surface area (Å²) < 4.78 is 19.5. The maximum atomic E-state index is 13.3. The number of hydrazone groups is 1. The van der Waals surface area contributed by atoms with Gasteiger partial charge in [-0.15, -0.1) is 0 Å². The Balaban J connectivity index is 1.62. The summed E-state index contributed by atoms with van der Waals surface area (Å²) in [6.07, 6.45) is 0.0423. The molecule has 0 saturated carbocycles. The second kappa shape index (κ2) is 6.53. The van der Waals surface area contributed by atoms with E-state index in [9.17, 15) is 9.50 Å². The van der Waals surface area contributed by atoms with Crippen molar-refractivity contribution in [2.75, 3.05) is 0 Å². The smallest absolute Gasteiger partial charge is 0.217 e. The molecule has 0 saturated heterocycles. The summed E-state index contributed by atoms with van der Waals surface area (Å²) in [6, 6.07) is 19.0. The maximum absolute atomic E-state index is 13.3. The lowest BCUT2D eigenvalue weighted by Crippen LogP contribution is -2.33. The number of halogens is 2. The van der Waals surface area contributed by atoms with Crippen molar-refractivity contribution in [3.05, 3.63) is 94.3 Å². The van der Waals surface area contributed by atoms with Crippen LogP contribution in [0.15, 0.2) is 71.8 Å². The second-order valence-electron chi connectivity index (χ2n) is 6.86. The molecule has 3 aromatic carbocycles. The topological polar surface area (TPSA) is 45.1 Å². The van der Waals surface area contributed by atoms with E-state index in [1.165, 1.54) is 12.1 Å². The highest BCUT2D eigenvalue weighted by atomic mass is 35.5. The Morgan fingerprint density at radius 2 is 1.82 bits per heavy atom. The Morgan fingerprint density at radius 3 is 2.64 bits per heavy atom. The number of aromatic hydroxyl groups is 1. The van der Waals surface area contributed by atoms with Gasteiger partial charge in [-0.25, -0.2) is 9.40 Å². The van der Waals surface area contributed by atoms with Crippen LogP contribution in [-0.4, -0.2) is 15.8 Å². The number of phenolic OH excluding ortho intramolecular Hbond substituents is 1. The van der Waals surface area contributed by atoms with Crippen LogP contribution in [0.2, 0.25) is 5.02 Å². The average Bonchev–Trinajstić information content (AvgIpc) is 3.15. The van der Waals surface area contributed by atoms with Gasteiger partial charge in [0, 0.05) is 17.0 Å². The van der Waals surface area contributed by atoms with Gasteiger partial charge in [0.15, 0.2) is 0 Å². The van der Waals surface area contributed by atoms with Gasteiger partial charge in [-0.1, -0.05) is 41.9 Å². The summed E-state index contributed by atoms with van der Waals surface area (Å²) in [5.41, 5.74) is 3.29. The number of rotatable bonds is 2. The third-order valence-electron chi connectivity index (χ3n) is 5.13. The molecular formula is C22H16ClFN2O2. The maximum Gasteiger partial charge on any atom is 0.217 e. The lowest BCUT2D eigenvalue weighted by molar-refractivity contribution is -0.0203. The summed E-state index contributed by atoms with van der Waals surface area (Å²) >= 11 is 6.16. The van der Waals surface area contributed by atoms with Crippen LogP contribution in [0.1, 0.15) is 35.4 Å². The molecule has 4 nitrogen and oxygen atoms in total. The highest BCUT2D eigenvalue weighted by molar-refractivity contribution is 6.30. The van der Waals surface area contributed by atoms with Crippen LogP contribution in [0.3, 0.4) is 0 Å². The van der Waals surface area contributed by atoms with Crippen LogP contribution >= 0.6 is 11.6 Å². The van der Waals surface area contributed by atoms with Gasteiger partial charge < -0.3 is 9.84 Å². The second-order valence-corrected chi connectivity index (χ2v) is 7.30. The molecule has 28 heavy (non-hydrogen) atoms. The van der Waals surface area contributed by atoms with Crippen molar-refractivity contribution in [3.8, 4) is 11.5 Å². The van der Waals surface area contributed by atoms with Gasteiger partial charge in [0.25, 0.3) is 0 Å². The first-order valence-corrected chi connectivity index (χ1v) is 9.34. The van der Waals surface area contributed by atoms with E-state index >= 15 is 0 Å². The minimum Gasteiger partial charge on any atom is -0.507 e. The molecule has 0 spiro atoms. The zero-order valence-electron chi connectivity index (χ0n) is 14.7. The molecule has 6 heteroatoms. The minimum absolute atomic E-state index is 0.0478.